The van der Waals surface area contributed by atoms with Gasteiger partial charge in [-0.15, -0.1) is 0 Å². The molecule has 0 aliphatic heterocycles. The summed E-state index contributed by atoms with van der Waals surface area (Å²) in [4.78, 5) is 25.7. The second-order valence-electron chi connectivity index (χ2n) is 10.8. The highest BCUT2D eigenvalue weighted by Gasteiger charge is 2.34. The highest BCUT2D eigenvalue weighted by molar-refractivity contribution is 7.89. The summed E-state index contributed by atoms with van der Waals surface area (Å²) in [6.07, 6.45) is 0.907. The maximum atomic E-state index is 14.7. The van der Waals surface area contributed by atoms with Gasteiger partial charge in [-0.1, -0.05) is 24.1 Å². The normalized spacial score (nSPS) is 11.9. The molecule has 0 spiro atoms. The lowest BCUT2D eigenvalue weighted by atomic mass is 10.00. The number of benzene rings is 3. The van der Waals surface area contributed by atoms with Crippen LogP contribution >= 0.6 is 0 Å². The number of carboxylic acids is 1. The maximum Gasteiger partial charge on any atom is 0.303 e. The van der Waals surface area contributed by atoms with E-state index in [2.05, 4.69) is 0 Å². The average molecular weight is 674 g/mol. The number of aryl methyl sites for hydroxylation is 2. The van der Waals surface area contributed by atoms with E-state index in [-0.39, 0.29) is 42.8 Å². The molecule has 0 unspecified atom stereocenters. The summed E-state index contributed by atoms with van der Waals surface area (Å²) in [5.74, 6) is -1.46. The monoisotopic (exact) mass is 673 g/mol. The molecule has 4 rings (SSSR count). The van der Waals surface area contributed by atoms with Gasteiger partial charge < -0.3 is 14.6 Å². The fraction of sp³-hybridized carbons (Fsp3) is 0.344. The number of sulfonamides is 1. The van der Waals surface area contributed by atoms with Crippen LogP contribution in [0.25, 0.3) is 21.8 Å². The SMILES string of the molecule is COc1ccc2c(c1)c(C(=O)N(CCCCCC(=O)O)S(=O)(=O)c1ccc(C)cc1)c1cc(OC)ccc1[n+]2CCCS(=O)(=O)O. The van der Waals surface area contributed by atoms with Gasteiger partial charge in [-0.2, -0.15) is 13.0 Å². The summed E-state index contributed by atoms with van der Waals surface area (Å²) in [7, 11) is -5.69. The first-order chi connectivity index (χ1) is 21.8. The molecule has 0 saturated carbocycles. The van der Waals surface area contributed by atoms with Crippen molar-refractivity contribution in [1.29, 1.82) is 0 Å². The van der Waals surface area contributed by atoms with Gasteiger partial charge in [-0.05, 0) is 56.2 Å². The van der Waals surface area contributed by atoms with Crippen LogP contribution in [0.2, 0.25) is 0 Å². The summed E-state index contributed by atoms with van der Waals surface area (Å²) in [5.41, 5.74) is 1.91. The smallest absolute Gasteiger partial charge is 0.303 e. The van der Waals surface area contributed by atoms with Crippen LogP contribution in [0.1, 0.15) is 48.0 Å². The molecule has 0 saturated heterocycles. The number of carbonyl (C=O) groups excluding carboxylic acids is 1. The Bertz CT molecular complexity index is 1910. The van der Waals surface area contributed by atoms with Crippen LogP contribution in [0, 0.1) is 6.92 Å². The van der Waals surface area contributed by atoms with Crippen molar-refractivity contribution in [1.82, 2.24) is 4.31 Å². The van der Waals surface area contributed by atoms with Crippen molar-refractivity contribution >= 4 is 53.8 Å². The van der Waals surface area contributed by atoms with E-state index < -0.39 is 37.8 Å². The third kappa shape index (κ3) is 7.92. The van der Waals surface area contributed by atoms with E-state index >= 15 is 0 Å². The number of carbonyl (C=O) groups is 2. The zero-order chi connectivity index (χ0) is 33.6. The van der Waals surface area contributed by atoms with E-state index in [1.54, 1.807) is 53.1 Å². The molecule has 246 valence electrons. The Morgan fingerprint density at radius 3 is 1.87 bits per heavy atom. The number of hydrogen-bond donors (Lipinski definition) is 2. The van der Waals surface area contributed by atoms with Crippen molar-refractivity contribution in [3.63, 3.8) is 0 Å². The molecule has 0 bridgehead atoms. The first kappa shape index (κ1) is 34.6. The van der Waals surface area contributed by atoms with Crippen molar-refractivity contribution in [2.75, 3.05) is 26.5 Å². The van der Waals surface area contributed by atoms with Crippen LogP contribution in [0.15, 0.2) is 65.6 Å². The minimum Gasteiger partial charge on any atom is -0.497 e. The average Bonchev–Trinajstić information content (AvgIpc) is 3.01. The number of ether oxygens (including phenoxy) is 2. The summed E-state index contributed by atoms with van der Waals surface area (Å²) < 4.78 is 74.2. The molecular weight excluding hydrogens is 636 g/mol. The fourth-order valence-electron chi connectivity index (χ4n) is 5.31. The lowest BCUT2D eigenvalue weighted by Crippen LogP contribution is -2.40. The zero-order valence-corrected chi connectivity index (χ0v) is 27.4. The number of amides is 1. The first-order valence-corrected chi connectivity index (χ1v) is 17.6. The Morgan fingerprint density at radius 2 is 1.37 bits per heavy atom. The Hall–Kier alpha value is -4.27. The Kier molecular flexibility index (Phi) is 10.9. The van der Waals surface area contributed by atoms with Crippen LogP contribution in [0.3, 0.4) is 0 Å². The van der Waals surface area contributed by atoms with Crippen molar-refractivity contribution in [2.45, 2.75) is 50.5 Å². The minimum absolute atomic E-state index is 0.0589. The Morgan fingerprint density at radius 1 is 0.804 bits per heavy atom. The van der Waals surface area contributed by atoms with E-state index in [0.717, 1.165) is 9.87 Å². The Balaban J connectivity index is 1.96. The molecule has 1 aromatic heterocycles. The predicted molar refractivity (Wildman–Crippen MR) is 171 cm³/mol. The third-order valence-electron chi connectivity index (χ3n) is 7.61. The molecule has 12 nitrogen and oxygen atoms in total. The molecule has 14 heteroatoms. The highest BCUT2D eigenvalue weighted by atomic mass is 32.2. The number of carboxylic acid groups (broad SMARTS) is 1. The van der Waals surface area contributed by atoms with Gasteiger partial charge in [-0.3, -0.25) is 14.1 Å². The standard InChI is InChI=1S/C32H36N2O10S2/c1-22-9-13-25(14-10-22)46(41,42)34(18-6-4-5-8-30(35)36)32(37)31-26-20-23(43-2)11-15-28(26)33(17-7-19-45(38,39)40)29-16-12-24(44-3)21-27(29)31/h9-16,20-21H,4-8,17-19H2,1-3H3,(H-,35,36,38,39,40)/p+1. The maximum absolute atomic E-state index is 14.7. The zero-order valence-electron chi connectivity index (χ0n) is 25.8. The molecule has 1 heterocycles. The number of unbranched alkanes of at least 4 members (excludes halogenated alkanes) is 2. The molecule has 0 aliphatic carbocycles. The van der Waals surface area contributed by atoms with Gasteiger partial charge in [0, 0.05) is 31.5 Å². The molecule has 2 N–H and O–H groups in total. The van der Waals surface area contributed by atoms with Gasteiger partial charge in [0.25, 0.3) is 26.0 Å². The van der Waals surface area contributed by atoms with Crippen LogP contribution in [0.5, 0.6) is 11.5 Å². The molecule has 46 heavy (non-hydrogen) atoms. The van der Waals surface area contributed by atoms with E-state index in [4.69, 9.17) is 14.6 Å². The van der Waals surface area contributed by atoms with Crippen molar-refractivity contribution in [3.05, 3.63) is 71.8 Å². The van der Waals surface area contributed by atoms with Crippen LogP contribution in [-0.4, -0.2) is 69.2 Å². The topological polar surface area (TPSA) is 168 Å². The van der Waals surface area contributed by atoms with E-state index in [1.165, 1.54) is 26.4 Å². The molecule has 0 fully saturated rings. The predicted octanol–water partition coefficient (Wildman–Crippen LogP) is 4.36. The number of rotatable bonds is 15. The highest BCUT2D eigenvalue weighted by Crippen LogP contribution is 2.33. The number of pyridine rings is 1. The van der Waals surface area contributed by atoms with Crippen LogP contribution in [-0.2, 0) is 31.5 Å². The van der Waals surface area contributed by atoms with E-state index in [9.17, 15) is 31.0 Å². The number of fused-ring (bicyclic) bond motifs is 2. The van der Waals surface area contributed by atoms with Gasteiger partial charge in [0.05, 0.1) is 41.2 Å². The number of aliphatic carboxylic acids is 1. The van der Waals surface area contributed by atoms with Gasteiger partial charge in [-0.25, -0.2) is 12.7 Å². The Labute approximate surface area is 268 Å². The van der Waals surface area contributed by atoms with Gasteiger partial charge in [0.15, 0.2) is 6.54 Å². The summed E-state index contributed by atoms with van der Waals surface area (Å²) in [6, 6.07) is 16.1. The van der Waals surface area contributed by atoms with E-state index in [0.29, 0.717) is 46.1 Å². The number of hydrogen-bond acceptors (Lipinski definition) is 8. The number of aromatic nitrogens is 1. The molecular formula is C32H37N2O10S2+. The molecule has 0 atom stereocenters. The molecule has 1 amide bonds. The fourth-order valence-corrected chi connectivity index (χ4v) is 7.22. The largest absolute Gasteiger partial charge is 0.497 e. The quantitative estimate of drug-likeness (QED) is 0.0801. The van der Waals surface area contributed by atoms with Crippen LogP contribution in [0.4, 0.5) is 0 Å². The van der Waals surface area contributed by atoms with Crippen molar-refractivity contribution in [3.8, 4) is 11.5 Å². The molecule has 0 aliphatic rings. The van der Waals surface area contributed by atoms with Crippen molar-refractivity contribution < 1.29 is 50.1 Å². The van der Waals surface area contributed by atoms with Gasteiger partial charge >= 0.3 is 5.97 Å². The van der Waals surface area contributed by atoms with Gasteiger partial charge in [0.2, 0.25) is 11.0 Å². The molecule has 3 aromatic carbocycles. The van der Waals surface area contributed by atoms with Crippen LogP contribution < -0.4 is 14.0 Å². The lowest BCUT2D eigenvalue weighted by molar-refractivity contribution is -0.645. The summed E-state index contributed by atoms with van der Waals surface area (Å²) >= 11 is 0. The lowest BCUT2D eigenvalue weighted by Gasteiger charge is -2.24. The van der Waals surface area contributed by atoms with E-state index in [1.807, 2.05) is 6.92 Å². The summed E-state index contributed by atoms with van der Waals surface area (Å²) in [5, 5.41) is 9.74. The molecule has 4 aromatic rings. The first-order valence-electron chi connectivity index (χ1n) is 14.6. The second-order valence-corrected chi connectivity index (χ2v) is 14.3. The summed E-state index contributed by atoms with van der Waals surface area (Å²) in [6.45, 7) is 1.76. The molecule has 0 radical (unpaired) electrons. The number of methoxy groups -OCH3 is 2. The minimum atomic E-state index is -4.37. The van der Waals surface area contributed by atoms with Gasteiger partial charge in [0.1, 0.15) is 11.5 Å². The second kappa shape index (κ2) is 14.4. The van der Waals surface area contributed by atoms with Crippen molar-refractivity contribution in [2.24, 2.45) is 0 Å². The number of nitrogens with zero attached hydrogens (tertiary/aromatic N) is 2. The third-order valence-corrected chi connectivity index (χ3v) is 10.2.